The molecule has 1 aromatic heterocycles. The van der Waals surface area contributed by atoms with Gasteiger partial charge in [0.15, 0.2) is 0 Å². The molecule has 2 amide bonds. The summed E-state index contributed by atoms with van der Waals surface area (Å²) >= 11 is 25.3. The Morgan fingerprint density at radius 2 is 1.64 bits per heavy atom. The number of hydrogen-bond donors (Lipinski definition) is 3. The number of alkyl halides is 3. The minimum atomic E-state index is -2.03. The SMILES string of the molecule is CCOC(=O)c1c(N[C@H](NC(=O)c2ccc(Cl)cc2)C(Cl)(Cl)Cl)sc(C(=O)Nc2ccccc2)c1C. The molecule has 0 radical (unpaired) electrons. The Bertz CT molecular complexity index is 1240. The maximum absolute atomic E-state index is 13.0. The van der Waals surface area contributed by atoms with E-state index in [0.717, 1.165) is 11.3 Å². The van der Waals surface area contributed by atoms with Crippen LogP contribution in [0.15, 0.2) is 54.6 Å². The Morgan fingerprint density at radius 3 is 2.22 bits per heavy atom. The lowest BCUT2D eigenvalue weighted by molar-refractivity contribution is 0.0527. The lowest BCUT2D eigenvalue weighted by Crippen LogP contribution is -2.49. The summed E-state index contributed by atoms with van der Waals surface area (Å²) in [6, 6.07) is 15.0. The number of halogens is 4. The van der Waals surface area contributed by atoms with E-state index in [9.17, 15) is 14.4 Å². The summed E-state index contributed by atoms with van der Waals surface area (Å²) in [6.45, 7) is 3.39. The molecular weight excluding hydrogens is 568 g/mol. The highest BCUT2D eigenvalue weighted by atomic mass is 35.6. The molecule has 7 nitrogen and oxygen atoms in total. The molecule has 0 spiro atoms. The van der Waals surface area contributed by atoms with Crippen LogP contribution in [0, 0.1) is 6.92 Å². The number of para-hydroxylation sites is 1. The van der Waals surface area contributed by atoms with Gasteiger partial charge in [-0.1, -0.05) is 64.6 Å². The average molecular weight is 589 g/mol. The van der Waals surface area contributed by atoms with Gasteiger partial charge in [0.05, 0.1) is 17.0 Å². The lowest BCUT2D eigenvalue weighted by Gasteiger charge is -2.27. The molecule has 3 rings (SSSR count). The molecule has 3 aromatic rings. The number of carbonyl (C=O) groups excluding carboxylic acids is 3. The highest BCUT2D eigenvalue weighted by Gasteiger charge is 2.37. The molecule has 0 aliphatic carbocycles. The smallest absolute Gasteiger partial charge is 0.341 e. The molecule has 0 bridgehead atoms. The third-order valence-electron chi connectivity index (χ3n) is 4.85. The van der Waals surface area contributed by atoms with E-state index in [-0.39, 0.29) is 27.6 Å². The van der Waals surface area contributed by atoms with E-state index >= 15 is 0 Å². The Balaban J connectivity index is 1.95. The number of carbonyl (C=O) groups is 3. The van der Waals surface area contributed by atoms with Gasteiger partial charge in [-0.05, 0) is 55.8 Å². The first-order valence-electron chi connectivity index (χ1n) is 10.6. The molecule has 0 fully saturated rings. The second-order valence-corrected chi connectivity index (χ2v) is 11.2. The summed E-state index contributed by atoms with van der Waals surface area (Å²) in [6.07, 6.45) is -1.28. The van der Waals surface area contributed by atoms with Crippen LogP contribution in [0.5, 0.6) is 0 Å². The standard InChI is InChI=1S/C24H21Cl4N3O4S/c1-3-35-22(34)17-13(2)18(20(33)29-16-7-5-4-6-8-16)36-21(17)31-23(24(26,27)28)30-19(32)14-9-11-15(25)12-10-14/h4-12,23,31H,3H2,1-2H3,(H,29,33)(H,30,32)/t23-/m0/s1. The van der Waals surface area contributed by atoms with E-state index < -0.39 is 27.7 Å². The monoisotopic (exact) mass is 587 g/mol. The van der Waals surface area contributed by atoms with Gasteiger partial charge >= 0.3 is 5.97 Å². The van der Waals surface area contributed by atoms with Crippen LogP contribution in [-0.2, 0) is 4.74 Å². The molecule has 0 saturated heterocycles. The van der Waals surface area contributed by atoms with E-state index in [1.54, 1.807) is 50.2 Å². The van der Waals surface area contributed by atoms with Crippen molar-refractivity contribution >= 4 is 86.2 Å². The number of anilines is 2. The van der Waals surface area contributed by atoms with Crippen LogP contribution in [0.25, 0.3) is 0 Å². The van der Waals surface area contributed by atoms with Crippen molar-refractivity contribution < 1.29 is 19.1 Å². The number of amides is 2. The highest BCUT2D eigenvalue weighted by Crippen LogP contribution is 2.38. The molecule has 1 heterocycles. The van der Waals surface area contributed by atoms with Crippen molar-refractivity contribution in [2.75, 3.05) is 17.2 Å². The minimum absolute atomic E-state index is 0.0973. The molecule has 0 saturated carbocycles. The first-order chi connectivity index (χ1) is 17.0. The molecule has 3 N–H and O–H groups in total. The van der Waals surface area contributed by atoms with Crippen molar-refractivity contribution in [3.8, 4) is 0 Å². The molecule has 0 aliphatic heterocycles. The molecule has 36 heavy (non-hydrogen) atoms. The molecule has 2 aromatic carbocycles. The zero-order chi connectivity index (χ0) is 26.5. The minimum Gasteiger partial charge on any atom is -0.462 e. The summed E-state index contributed by atoms with van der Waals surface area (Å²) in [5.74, 6) is -1.65. The summed E-state index contributed by atoms with van der Waals surface area (Å²) in [7, 11) is 0. The molecule has 12 heteroatoms. The highest BCUT2D eigenvalue weighted by molar-refractivity contribution is 7.18. The molecule has 0 unspecified atom stereocenters. The number of esters is 1. The van der Waals surface area contributed by atoms with Gasteiger partial charge in [-0.2, -0.15) is 0 Å². The molecular formula is C24H21Cl4N3O4S. The Hall–Kier alpha value is -2.49. The molecule has 1 atom stereocenters. The van der Waals surface area contributed by atoms with Gasteiger partial charge in [0.2, 0.25) is 3.79 Å². The van der Waals surface area contributed by atoms with Crippen LogP contribution >= 0.6 is 57.7 Å². The largest absolute Gasteiger partial charge is 0.462 e. The van der Waals surface area contributed by atoms with Crippen LogP contribution in [0.2, 0.25) is 5.02 Å². The average Bonchev–Trinajstić information content (AvgIpc) is 3.15. The van der Waals surface area contributed by atoms with Crippen molar-refractivity contribution in [3.05, 3.63) is 81.2 Å². The topological polar surface area (TPSA) is 96.5 Å². The second kappa shape index (κ2) is 12.2. The maximum atomic E-state index is 13.0. The van der Waals surface area contributed by atoms with E-state index in [2.05, 4.69) is 16.0 Å². The Morgan fingerprint density at radius 1 is 1.00 bits per heavy atom. The fraction of sp³-hybridized carbons (Fsp3) is 0.208. The van der Waals surface area contributed by atoms with Crippen LogP contribution in [0.1, 0.15) is 42.9 Å². The van der Waals surface area contributed by atoms with Gasteiger partial charge in [0.1, 0.15) is 11.2 Å². The van der Waals surface area contributed by atoms with E-state index in [1.807, 2.05) is 6.07 Å². The van der Waals surface area contributed by atoms with Gasteiger partial charge in [-0.25, -0.2) is 4.79 Å². The van der Waals surface area contributed by atoms with Gasteiger partial charge < -0.3 is 20.7 Å². The van der Waals surface area contributed by atoms with Crippen LogP contribution in [0.4, 0.5) is 10.7 Å². The quantitative estimate of drug-likeness (QED) is 0.155. The summed E-state index contributed by atoms with van der Waals surface area (Å²) in [5.41, 5.74) is 1.33. The predicted molar refractivity (Wildman–Crippen MR) is 146 cm³/mol. The van der Waals surface area contributed by atoms with Crippen LogP contribution < -0.4 is 16.0 Å². The van der Waals surface area contributed by atoms with Crippen molar-refractivity contribution in [2.24, 2.45) is 0 Å². The number of ether oxygens (including phenoxy) is 1. The third kappa shape index (κ3) is 7.05. The fourth-order valence-corrected chi connectivity index (χ4v) is 4.71. The number of hydrogen-bond acceptors (Lipinski definition) is 6. The zero-order valence-corrected chi connectivity index (χ0v) is 22.9. The zero-order valence-electron chi connectivity index (χ0n) is 19.0. The number of thiophene rings is 1. The van der Waals surface area contributed by atoms with E-state index in [4.69, 9.17) is 51.1 Å². The second-order valence-electron chi connectivity index (χ2n) is 7.40. The predicted octanol–water partition coefficient (Wildman–Crippen LogP) is 6.68. The Kier molecular flexibility index (Phi) is 9.49. The number of nitrogens with one attached hydrogen (secondary N) is 3. The fourth-order valence-electron chi connectivity index (χ4n) is 3.14. The van der Waals surface area contributed by atoms with Gasteiger partial charge in [-0.15, -0.1) is 11.3 Å². The molecule has 0 aliphatic rings. The third-order valence-corrected chi connectivity index (χ3v) is 6.98. The lowest BCUT2D eigenvalue weighted by atomic mass is 10.1. The first-order valence-corrected chi connectivity index (χ1v) is 12.9. The van der Waals surface area contributed by atoms with Crippen molar-refractivity contribution in [3.63, 3.8) is 0 Å². The van der Waals surface area contributed by atoms with Crippen LogP contribution in [0.3, 0.4) is 0 Å². The van der Waals surface area contributed by atoms with Gasteiger partial charge in [0.25, 0.3) is 11.8 Å². The van der Waals surface area contributed by atoms with Crippen molar-refractivity contribution in [1.82, 2.24) is 5.32 Å². The Labute approximate surface area is 232 Å². The maximum Gasteiger partial charge on any atom is 0.341 e. The van der Waals surface area contributed by atoms with Gasteiger partial charge in [-0.3, -0.25) is 9.59 Å². The first kappa shape index (κ1) is 28.1. The van der Waals surface area contributed by atoms with Crippen molar-refractivity contribution in [2.45, 2.75) is 23.8 Å². The van der Waals surface area contributed by atoms with E-state index in [1.165, 1.54) is 12.1 Å². The molecule has 190 valence electrons. The number of benzene rings is 2. The van der Waals surface area contributed by atoms with Crippen molar-refractivity contribution in [1.29, 1.82) is 0 Å². The summed E-state index contributed by atoms with van der Waals surface area (Å²) in [4.78, 5) is 38.8. The van der Waals surface area contributed by atoms with Gasteiger partial charge in [0, 0.05) is 16.3 Å². The van der Waals surface area contributed by atoms with E-state index in [0.29, 0.717) is 16.3 Å². The van der Waals surface area contributed by atoms with Crippen LogP contribution in [-0.4, -0.2) is 34.3 Å². The summed E-state index contributed by atoms with van der Waals surface area (Å²) in [5, 5.41) is 8.94. The normalized spacial score (nSPS) is 11.9. The summed E-state index contributed by atoms with van der Waals surface area (Å²) < 4.78 is 3.16. The number of rotatable bonds is 8.